The summed E-state index contributed by atoms with van der Waals surface area (Å²) < 4.78 is 0. The Labute approximate surface area is 160 Å². The maximum absolute atomic E-state index is 13.0. The lowest BCUT2D eigenvalue weighted by Gasteiger charge is -2.56. The Balaban J connectivity index is 1.48. The molecule has 0 radical (unpaired) electrons. The Morgan fingerprint density at radius 3 is 2.12 bits per heavy atom. The first kappa shape index (κ1) is 18.0. The summed E-state index contributed by atoms with van der Waals surface area (Å²) in [5, 5.41) is 7.16. The smallest absolute Gasteiger partial charge is 0.262 e. The molecule has 142 valence electrons. The Kier molecular flexibility index (Phi) is 4.22. The van der Waals surface area contributed by atoms with Crippen LogP contribution in [0.15, 0.2) is 6.07 Å². The first-order valence-electron chi connectivity index (χ1n) is 9.88. The molecule has 4 saturated carbocycles. The summed E-state index contributed by atoms with van der Waals surface area (Å²) in [6, 6.07) is 1.92. The van der Waals surface area contributed by atoms with Crippen molar-refractivity contribution >= 4 is 28.2 Å². The molecular weight excluding hydrogens is 344 g/mol. The summed E-state index contributed by atoms with van der Waals surface area (Å²) in [6.45, 7) is 7.63. The molecule has 0 aliphatic heterocycles. The van der Waals surface area contributed by atoms with Gasteiger partial charge < -0.3 is 10.6 Å². The fourth-order valence-corrected chi connectivity index (χ4v) is 6.59. The Morgan fingerprint density at radius 2 is 1.62 bits per heavy atom. The van der Waals surface area contributed by atoms with Crippen LogP contribution in [0, 0.1) is 30.1 Å². The first-order valence-corrected chi connectivity index (χ1v) is 10.7. The fourth-order valence-electron chi connectivity index (χ4n) is 5.63. The van der Waals surface area contributed by atoms with Crippen molar-refractivity contribution in [2.45, 2.75) is 71.8 Å². The highest BCUT2D eigenvalue weighted by atomic mass is 32.1. The molecule has 0 aromatic carbocycles. The molecule has 4 nitrogen and oxygen atoms in total. The van der Waals surface area contributed by atoms with Crippen LogP contribution in [0.5, 0.6) is 0 Å². The minimum Gasteiger partial charge on any atom is -0.346 e. The number of amides is 2. The topological polar surface area (TPSA) is 58.2 Å². The van der Waals surface area contributed by atoms with Gasteiger partial charge in [-0.3, -0.25) is 9.59 Å². The minimum absolute atomic E-state index is 0.0215. The number of carbonyl (C=O) groups excluding carboxylic acids is 2. The van der Waals surface area contributed by atoms with E-state index in [1.165, 1.54) is 30.6 Å². The lowest BCUT2D eigenvalue weighted by atomic mass is 9.53. The monoisotopic (exact) mass is 374 g/mol. The summed E-state index contributed by atoms with van der Waals surface area (Å²) in [4.78, 5) is 26.0. The van der Waals surface area contributed by atoms with Crippen molar-refractivity contribution in [1.29, 1.82) is 0 Å². The van der Waals surface area contributed by atoms with E-state index in [9.17, 15) is 9.59 Å². The van der Waals surface area contributed by atoms with Crippen LogP contribution in [-0.2, 0) is 4.79 Å². The van der Waals surface area contributed by atoms with Gasteiger partial charge in [0, 0.05) is 11.0 Å². The first-order chi connectivity index (χ1) is 12.1. The normalized spacial score (nSPS) is 32.5. The van der Waals surface area contributed by atoms with Crippen molar-refractivity contribution in [1.82, 2.24) is 5.32 Å². The fraction of sp³-hybridized carbons (Fsp3) is 0.714. The van der Waals surface area contributed by atoms with Gasteiger partial charge in [-0.15, -0.1) is 11.3 Å². The number of anilines is 1. The summed E-state index contributed by atoms with van der Waals surface area (Å²) in [5.41, 5.74) is 0.526. The molecule has 4 aliphatic carbocycles. The second-order valence-corrected chi connectivity index (χ2v) is 11.0. The van der Waals surface area contributed by atoms with Gasteiger partial charge in [-0.2, -0.15) is 0 Å². The second-order valence-electron chi connectivity index (χ2n) is 9.98. The third kappa shape index (κ3) is 3.30. The predicted octanol–water partition coefficient (Wildman–Crippen LogP) is 4.74. The maximum Gasteiger partial charge on any atom is 0.262 e. The van der Waals surface area contributed by atoms with Crippen LogP contribution < -0.4 is 10.6 Å². The number of hydrogen-bond donors (Lipinski definition) is 2. The van der Waals surface area contributed by atoms with Crippen molar-refractivity contribution in [3.05, 3.63) is 16.5 Å². The summed E-state index contributed by atoms with van der Waals surface area (Å²) in [7, 11) is 0. The number of aryl methyl sites for hydroxylation is 1. The molecule has 0 atom stereocenters. The Hall–Kier alpha value is -1.36. The third-order valence-corrected chi connectivity index (χ3v) is 7.61. The molecule has 4 fully saturated rings. The van der Waals surface area contributed by atoms with Crippen molar-refractivity contribution < 1.29 is 9.59 Å². The van der Waals surface area contributed by atoms with Crippen LogP contribution >= 0.6 is 11.3 Å². The summed E-state index contributed by atoms with van der Waals surface area (Å²) in [6.07, 6.45) is 7.58. The quantitative estimate of drug-likeness (QED) is 0.803. The highest BCUT2D eigenvalue weighted by Gasteiger charge is 2.51. The van der Waals surface area contributed by atoms with Crippen LogP contribution in [0.4, 0.5) is 5.00 Å². The van der Waals surface area contributed by atoms with Crippen molar-refractivity contribution in [2.24, 2.45) is 23.2 Å². The lowest BCUT2D eigenvalue weighted by Crippen LogP contribution is -2.59. The van der Waals surface area contributed by atoms with Crippen LogP contribution in [0.1, 0.15) is 74.5 Å². The van der Waals surface area contributed by atoms with E-state index in [-0.39, 0.29) is 17.4 Å². The van der Waals surface area contributed by atoms with Crippen molar-refractivity contribution in [3.8, 4) is 0 Å². The van der Waals surface area contributed by atoms with E-state index in [1.807, 2.05) is 33.8 Å². The number of nitrogens with one attached hydrogen (secondary N) is 2. The number of carbonyl (C=O) groups is 2. The maximum atomic E-state index is 13.0. The second kappa shape index (κ2) is 6.08. The van der Waals surface area contributed by atoms with Crippen molar-refractivity contribution in [2.75, 3.05) is 5.32 Å². The number of rotatable bonds is 3. The molecule has 4 aliphatic rings. The van der Waals surface area contributed by atoms with Gasteiger partial charge in [-0.05, 0) is 74.8 Å². The standard InChI is InChI=1S/C21H30N2O2S/c1-12-5-16(22-19(25)20(2,3)4)26-17(12)18(24)23-21-9-13-6-14(10-21)8-15(7-13)11-21/h5,13-15H,6-11H2,1-4H3,(H,22,25)(H,23,24). The molecule has 0 spiro atoms. The van der Waals surface area contributed by atoms with Gasteiger partial charge in [0.2, 0.25) is 5.91 Å². The zero-order valence-corrected chi connectivity index (χ0v) is 17.1. The molecule has 0 unspecified atom stereocenters. The van der Waals surface area contributed by atoms with E-state index >= 15 is 0 Å². The van der Waals surface area contributed by atoms with Crippen LogP contribution in [-0.4, -0.2) is 17.4 Å². The largest absolute Gasteiger partial charge is 0.346 e. The van der Waals surface area contributed by atoms with E-state index in [0.29, 0.717) is 0 Å². The third-order valence-electron chi connectivity index (χ3n) is 6.46. The van der Waals surface area contributed by atoms with E-state index in [2.05, 4.69) is 10.6 Å². The highest BCUT2D eigenvalue weighted by molar-refractivity contribution is 7.18. The zero-order chi connectivity index (χ0) is 18.7. The molecule has 26 heavy (non-hydrogen) atoms. The lowest BCUT2D eigenvalue weighted by molar-refractivity contribution is -0.123. The van der Waals surface area contributed by atoms with Gasteiger partial charge in [0.05, 0.1) is 9.88 Å². The highest BCUT2D eigenvalue weighted by Crippen LogP contribution is 2.55. The molecular formula is C21H30N2O2S. The van der Waals surface area contributed by atoms with E-state index in [4.69, 9.17) is 0 Å². The van der Waals surface area contributed by atoms with Gasteiger partial charge >= 0.3 is 0 Å². The van der Waals surface area contributed by atoms with E-state index in [1.54, 1.807) is 0 Å². The molecule has 5 heteroatoms. The van der Waals surface area contributed by atoms with Crippen LogP contribution in [0.2, 0.25) is 0 Å². The predicted molar refractivity (Wildman–Crippen MR) is 106 cm³/mol. The van der Waals surface area contributed by atoms with Gasteiger partial charge in [0.1, 0.15) is 0 Å². The molecule has 2 amide bonds. The van der Waals surface area contributed by atoms with Gasteiger partial charge in [-0.1, -0.05) is 20.8 Å². The van der Waals surface area contributed by atoms with Crippen LogP contribution in [0.25, 0.3) is 0 Å². The average Bonchev–Trinajstić information content (AvgIpc) is 2.85. The van der Waals surface area contributed by atoms with E-state index < -0.39 is 5.41 Å². The van der Waals surface area contributed by atoms with Gasteiger partial charge in [0.25, 0.3) is 5.91 Å². The van der Waals surface area contributed by atoms with Gasteiger partial charge in [-0.25, -0.2) is 0 Å². The molecule has 4 bridgehead atoms. The minimum atomic E-state index is -0.445. The molecule has 2 N–H and O–H groups in total. The molecule has 1 heterocycles. The molecule has 5 rings (SSSR count). The number of thiophene rings is 1. The van der Waals surface area contributed by atoms with E-state index in [0.717, 1.165) is 52.5 Å². The Morgan fingerprint density at radius 1 is 1.08 bits per heavy atom. The zero-order valence-electron chi connectivity index (χ0n) is 16.3. The number of hydrogen-bond acceptors (Lipinski definition) is 3. The van der Waals surface area contributed by atoms with Crippen molar-refractivity contribution in [3.63, 3.8) is 0 Å². The summed E-state index contributed by atoms with van der Waals surface area (Å²) >= 11 is 1.40. The van der Waals surface area contributed by atoms with Gasteiger partial charge in [0.15, 0.2) is 0 Å². The average molecular weight is 375 g/mol. The molecule has 1 aromatic heterocycles. The SMILES string of the molecule is Cc1cc(NC(=O)C(C)(C)C)sc1C(=O)NC12CC3CC(CC(C3)C1)C2. The van der Waals surface area contributed by atoms with Crippen LogP contribution in [0.3, 0.4) is 0 Å². The Bertz CT molecular complexity index is 708. The summed E-state index contributed by atoms with van der Waals surface area (Å²) in [5.74, 6) is 2.46. The molecule has 0 saturated heterocycles. The molecule has 1 aromatic rings.